The van der Waals surface area contributed by atoms with Crippen LogP contribution in [0.4, 0.5) is 0 Å². The first-order valence-corrected chi connectivity index (χ1v) is 15.8. The molecule has 2 heteroatoms. The van der Waals surface area contributed by atoms with E-state index in [1.165, 1.54) is 22.3 Å². The third-order valence-electron chi connectivity index (χ3n) is 9.33. The molecule has 0 aromatic carbocycles. The van der Waals surface area contributed by atoms with Crippen LogP contribution in [0.5, 0.6) is 0 Å². The number of allylic oxidation sites excluding steroid dienone is 18. The minimum absolute atomic E-state index is 0.0954. The van der Waals surface area contributed by atoms with Gasteiger partial charge in [0, 0.05) is 24.7 Å². The molecule has 2 aliphatic rings. The van der Waals surface area contributed by atoms with Crippen molar-refractivity contribution in [2.24, 2.45) is 34.5 Å². The van der Waals surface area contributed by atoms with E-state index < -0.39 is 0 Å². The van der Waals surface area contributed by atoms with Crippen LogP contribution in [0, 0.1) is 34.5 Å². The summed E-state index contributed by atoms with van der Waals surface area (Å²) in [6.45, 7) is 21.7. The summed E-state index contributed by atoms with van der Waals surface area (Å²) in [7, 11) is 0. The first-order valence-electron chi connectivity index (χ1n) is 15.8. The fraction of sp³-hybridized carbons (Fsp3) is 0.500. The molecular weight excluding hydrogens is 512 g/mol. The summed E-state index contributed by atoms with van der Waals surface area (Å²) in [5, 5.41) is 0. The van der Waals surface area contributed by atoms with Crippen LogP contribution in [0.15, 0.2) is 107 Å². The van der Waals surface area contributed by atoms with E-state index in [0.717, 1.165) is 12.8 Å². The number of rotatable bonds is 10. The third kappa shape index (κ3) is 11.0. The van der Waals surface area contributed by atoms with Gasteiger partial charge in [0.1, 0.15) is 11.6 Å². The van der Waals surface area contributed by atoms with E-state index in [4.69, 9.17) is 0 Å². The van der Waals surface area contributed by atoms with Gasteiger partial charge in [0.25, 0.3) is 0 Å². The van der Waals surface area contributed by atoms with Gasteiger partial charge in [-0.2, -0.15) is 0 Å². The molecule has 0 saturated heterocycles. The normalized spacial score (nSPS) is 28.4. The van der Waals surface area contributed by atoms with Crippen LogP contribution in [-0.2, 0) is 9.59 Å². The molecule has 2 fully saturated rings. The highest BCUT2D eigenvalue weighted by molar-refractivity contribution is 5.82. The van der Waals surface area contributed by atoms with Crippen LogP contribution in [0.1, 0.15) is 94.9 Å². The van der Waals surface area contributed by atoms with Gasteiger partial charge in [-0.15, -0.1) is 0 Å². The molecule has 2 nitrogen and oxygen atoms in total. The molecule has 0 aliphatic heterocycles. The van der Waals surface area contributed by atoms with Crippen molar-refractivity contribution in [1.82, 2.24) is 0 Å². The number of hydrogen-bond acceptors (Lipinski definition) is 2. The van der Waals surface area contributed by atoms with Crippen molar-refractivity contribution in [2.75, 3.05) is 0 Å². The molecule has 0 spiro atoms. The zero-order valence-electron chi connectivity index (χ0n) is 28.0. The average molecular weight is 569 g/mol. The molecule has 228 valence electrons. The molecule has 0 aromatic rings. The van der Waals surface area contributed by atoms with Gasteiger partial charge in [-0.25, -0.2) is 0 Å². The monoisotopic (exact) mass is 568 g/mol. The van der Waals surface area contributed by atoms with Crippen LogP contribution >= 0.6 is 0 Å². The molecule has 4 atom stereocenters. The number of hydrogen-bond donors (Lipinski definition) is 0. The Kier molecular flexibility index (Phi) is 13.4. The summed E-state index contributed by atoms with van der Waals surface area (Å²) in [5.41, 5.74) is 5.05. The maximum Gasteiger partial charge on any atom is 0.136 e. The highest BCUT2D eigenvalue weighted by atomic mass is 16.1. The highest BCUT2D eigenvalue weighted by Gasteiger charge is 2.40. The first-order chi connectivity index (χ1) is 19.6. The van der Waals surface area contributed by atoms with Gasteiger partial charge in [-0.05, 0) is 63.2 Å². The summed E-state index contributed by atoms with van der Waals surface area (Å²) < 4.78 is 0. The smallest absolute Gasteiger partial charge is 0.136 e. The summed E-state index contributed by atoms with van der Waals surface area (Å²) in [6, 6.07) is 0. The predicted octanol–water partition coefficient (Wildman–Crippen LogP) is 10.8. The van der Waals surface area contributed by atoms with Gasteiger partial charge >= 0.3 is 0 Å². The Labute approximate surface area is 257 Å². The molecule has 4 unspecified atom stereocenters. The summed E-state index contributed by atoms with van der Waals surface area (Å²) in [4.78, 5) is 24.4. The quantitative estimate of drug-likeness (QED) is 0.246. The standard InChI is InChI=1S/C40H56O2/c1-29(17-13-19-31(3)21-23-35-33(5)37(41)25-27-39(35,7)8)15-11-12-16-30(2)18-14-20-32(4)22-24-36-34(6)38(42)26-28-40(36,9)10/h11-24,33-36H,25-28H2,1-10H3/b12-11+,17-13+,18-14+,23-21+,24-22+,29-15+,30-16+,31-19-,32-20-. The van der Waals surface area contributed by atoms with Gasteiger partial charge in [-0.1, -0.05) is 149 Å². The molecule has 0 amide bonds. The lowest BCUT2D eigenvalue weighted by Gasteiger charge is -2.40. The Morgan fingerprint density at radius 3 is 1.21 bits per heavy atom. The lowest BCUT2D eigenvalue weighted by molar-refractivity contribution is -0.129. The second kappa shape index (κ2) is 16.0. The van der Waals surface area contributed by atoms with Crippen molar-refractivity contribution in [1.29, 1.82) is 0 Å². The van der Waals surface area contributed by atoms with Gasteiger partial charge < -0.3 is 0 Å². The lowest BCUT2D eigenvalue weighted by atomic mass is 9.63. The topological polar surface area (TPSA) is 34.1 Å². The van der Waals surface area contributed by atoms with Crippen LogP contribution in [0.25, 0.3) is 0 Å². The van der Waals surface area contributed by atoms with Gasteiger partial charge in [0.2, 0.25) is 0 Å². The molecule has 0 radical (unpaired) electrons. The Hall–Kier alpha value is -3.00. The minimum atomic E-state index is 0.0954. The zero-order valence-corrected chi connectivity index (χ0v) is 28.0. The third-order valence-corrected chi connectivity index (χ3v) is 9.33. The van der Waals surface area contributed by atoms with Crippen molar-refractivity contribution in [3.8, 4) is 0 Å². The summed E-state index contributed by atoms with van der Waals surface area (Å²) in [6.07, 6.45) is 33.1. The van der Waals surface area contributed by atoms with Crippen molar-refractivity contribution in [2.45, 2.75) is 94.9 Å². The fourth-order valence-corrected chi connectivity index (χ4v) is 6.14. The highest BCUT2D eigenvalue weighted by Crippen LogP contribution is 2.44. The van der Waals surface area contributed by atoms with Crippen LogP contribution < -0.4 is 0 Å². The van der Waals surface area contributed by atoms with Crippen LogP contribution in [-0.4, -0.2) is 11.6 Å². The second-order valence-corrected chi connectivity index (χ2v) is 14.0. The first kappa shape index (κ1) is 35.2. The average Bonchev–Trinajstić information content (AvgIpc) is 2.91. The summed E-state index contributed by atoms with van der Waals surface area (Å²) in [5.74, 6) is 1.55. The van der Waals surface area contributed by atoms with E-state index in [1.807, 2.05) is 0 Å². The molecular formula is C40H56O2. The molecule has 0 N–H and O–H groups in total. The van der Waals surface area contributed by atoms with Crippen molar-refractivity contribution >= 4 is 11.6 Å². The van der Waals surface area contributed by atoms with E-state index in [1.54, 1.807) is 0 Å². The SMILES string of the molecule is CC(=C/C=C/C(C)=C/C=C/C=C(C)/C=C/C=C(C)\C=C\C1C(C)C(=O)CCC1(C)C)/C=C/C1C(C)C(=O)CCC1(C)C. The van der Waals surface area contributed by atoms with Crippen LogP contribution in [0.3, 0.4) is 0 Å². The number of carbonyl (C=O) groups is 2. The lowest BCUT2D eigenvalue weighted by Crippen LogP contribution is -2.37. The zero-order chi connectivity index (χ0) is 31.5. The van der Waals surface area contributed by atoms with Gasteiger partial charge in [0.15, 0.2) is 0 Å². The van der Waals surface area contributed by atoms with E-state index in [9.17, 15) is 9.59 Å². The van der Waals surface area contributed by atoms with E-state index in [0.29, 0.717) is 24.4 Å². The summed E-state index contributed by atoms with van der Waals surface area (Å²) >= 11 is 0. The second-order valence-electron chi connectivity index (χ2n) is 14.0. The number of carbonyl (C=O) groups excluding carboxylic acids is 2. The molecule has 2 saturated carbocycles. The van der Waals surface area contributed by atoms with Gasteiger partial charge in [0.05, 0.1) is 0 Å². The van der Waals surface area contributed by atoms with Crippen molar-refractivity contribution < 1.29 is 9.59 Å². The maximum atomic E-state index is 12.2. The van der Waals surface area contributed by atoms with Gasteiger partial charge in [-0.3, -0.25) is 9.59 Å². The van der Waals surface area contributed by atoms with E-state index in [-0.39, 0.29) is 34.5 Å². The van der Waals surface area contributed by atoms with E-state index >= 15 is 0 Å². The van der Waals surface area contributed by atoms with Crippen LogP contribution in [0.2, 0.25) is 0 Å². The largest absolute Gasteiger partial charge is 0.299 e. The van der Waals surface area contributed by atoms with Crippen molar-refractivity contribution in [3.63, 3.8) is 0 Å². The Morgan fingerprint density at radius 1 is 0.548 bits per heavy atom. The number of Topliss-reactive ketones (excluding diaryl/α,β-unsaturated/α-hetero) is 2. The molecule has 0 aromatic heterocycles. The van der Waals surface area contributed by atoms with E-state index in [2.05, 4.69) is 154 Å². The molecule has 2 rings (SSSR count). The minimum Gasteiger partial charge on any atom is -0.299 e. The fourth-order valence-electron chi connectivity index (χ4n) is 6.14. The predicted molar refractivity (Wildman–Crippen MR) is 182 cm³/mol. The molecule has 2 aliphatic carbocycles. The molecule has 0 bridgehead atoms. The maximum absolute atomic E-state index is 12.2. The Bertz CT molecular complexity index is 1140. The molecule has 42 heavy (non-hydrogen) atoms. The number of ketones is 2. The van der Waals surface area contributed by atoms with Crippen molar-refractivity contribution in [3.05, 3.63) is 107 Å². The Balaban J connectivity index is 1.88. The Morgan fingerprint density at radius 2 is 0.857 bits per heavy atom. The molecule has 0 heterocycles.